The molecule has 0 saturated carbocycles. The second-order valence-corrected chi connectivity index (χ2v) is 5.88. The minimum Gasteiger partial charge on any atom is -0.497 e. The molecule has 0 spiro atoms. The van der Waals surface area contributed by atoms with E-state index in [0.717, 1.165) is 30.2 Å². The molecule has 0 atom stereocenters. The average Bonchev–Trinajstić information content (AvgIpc) is 3.17. The molecule has 0 aliphatic carbocycles. The fraction of sp³-hybridized carbons (Fsp3) is 0.211. The predicted octanol–water partition coefficient (Wildman–Crippen LogP) is 3.01. The molecule has 138 valence electrons. The zero-order chi connectivity index (χ0) is 18.5. The highest BCUT2D eigenvalue weighted by Gasteiger charge is 2.13. The number of methoxy groups -OCH3 is 1. The summed E-state index contributed by atoms with van der Waals surface area (Å²) in [7, 11) is 1.66. The van der Waals surface area contributed by atoms with Gasteiger partial charge in [0.2, 0.25) is 12.7 Å². The van der Waals surface area contributed by atoms with Crippen molar-refractivity contribution in [2.45, 2.75) is 6.42 Å². The minimum atomic E-state index is 0.241. The van der Waals surface area contributed by atoms with Crippen molar-refractivity contribution >= 4 is 17.5 Å². The molecular formula is C19H19N5O3. The summed E-state index contributed by atoms with van der Waals surface area (Å²) in [4.78, 5) is 4.43. The van der Waals surface area contributed by atoms with Gasteiger partial charge in [-0.15, -0.1) is 5.10 Å². The third kappa shape index (κ3) is 4.17. The van der Waals surface area contributed by atoms with E-state index in [1.807, 2.05) is 42.5 Å². The maximum absolute atomic E-state index is 5.37. The Morgan fingerprint density at radius 3 is 2.78 bits per heavy atom. The summed E-state index contributed by atoms with van der Waals surface area (Å²) in [5.74, 6) is 3.34. The van der Waals surface area contributed by atoms with Crippen molar-refractivity contribution in [3.8, 4) is 17.2 Å². The fourth-order valence-corrected chi connectivity index (χ4v) is 2.67. The Balaban J connectivity index is 1.34. The van der Waals surface area contributed by atoms with Gasteiger partial charge in [-0.05, 0) is 36.2 Å². The minimum absolute atomic E-state index is 0.241. The number of nitrogens with one attached hydrogen (secondary N) is 2. The van der Waals surface area contributed by atoms with Crippen molar-refractivity contribution in [1.29, 1.82) is 0 Å². The first kappa shape index (κ1) is 16.9. The summed E-state index contributed by atoms with van der Waals surface area (Å²) in [6.07, 6.45) is 2.46. The molecular weight excluding hydrogens is 346 g/mol. The van der Waals surface area contributed by atoms with Gasteiger partial charge in [0.25, 0.3) is 0 Å². The van der Waals surface area contributed by atoms with E-state index in [-0.39, 0.29) is 6.79 Å². The number of aromatic nitrogens is 3. The quantitative estimate of drug-likeness (QED) is 0.660. The summed E-state index contributed by atoms with van der Waals surface area (Å²) in [5, 5.41) is 14.4. The van der Waals surface area contributed by atoms with Gasteiger partial charge in [0.15, 0.2) is 17.3 Å². The first-order valence-corrected chi connectivity index (χ1v) is 8.53. The molecule has 8 nitrogen and oxygen atoms in total. The lowest BCUT2D eigenvalue weighted by Crippen LogP contribution is -2.08. The molecule has 8 heteroatoms. The van der Waals surface area contributed by atoms with Crippen LogP contribution >= 0.6 is 0 Å². The van der Waals surface area contributed by atoms with Gasteiger partial charge in [0.1, 0.15) is 5.75 Å². The lowest BCUT2D eigenvalue weighted by molar-refractivity contribution is 0.174. The van der Waals surface area contributed by atoms with E-state index >= 15 is 0 Å². The van der Waals surface area contributed by atoms with Crippen LogP contribution in [0.3, 0.4) is 0 Å². The first-order valence-electron chi connectivity index (χ1n) is 8.53. The number of hydrogen-bond acceptors (Lipinski definition) is 8. The molecule has 0 fully saturated rings. The molecule has 4 rings (SSSR count). The second kappa shape index (κ2) is 7.77. The van der Waals surface area contributed by atoms with Crippen molar-refractivity contribution in [3.63, 3.8) is 0 Å². The predicted molar refractivity (Wildman–Crippen MR) is 101 cm³/mol. The average molecular weight is 365 g/mol. The van der Waals surface area contributed by atoms with Crippen molar-refractivity contribution in [3.05, 3.63) is 54.2 Å². The van der Waals surface area contributed by atoms with Crippen LogP contribution in [0.15, 0.2) is 48.7 Å². The molecule has 2 N–H and O–H groups in total. The third-order valence-electron chi connectivity index (χ3n) is 4.07. The van der Waals surface area contributed by atoms with Crippen molar-refractivity contribution in [1.82, 2.24) is 15.2 Å². The van der Waals surface area contributed by atoms with E-state index in [2.05, 4.69) is 25.8 Å². The Kier molecular flexibility index (Phi) is 4.86. The molecule has 0 amide bonds. The van der Waals surface area contributed by atoms with Crippen LogP contribution in [-0.4, -0.2) is 35.6 Å². The highest BCUT2D eigenvalue weighted by atomic mass is 16.7. The second-order valence-electron chi connectivity index (χ2n) is 5.88. The van der Waals surface area contributed by atoms with Gasteiger partial charge in [0.05, 0.1) is 13.3 Å². The molecule has 0 bridgehead atoms. The van der Waals surface area contributed by atoms with Crippen molar-refractivity contribution in [2.24, 2.45) is 0 Å². The molecule has 0 radical (unpaired) electrons. The highest BCUT2D eigenvalue weighted by molar-refractivity contribution is 5.60. The van der Waals surface area contributed by atoms with Gasteiger partial charge in [-0.25, -0.2) is 0 Å². The number of anilines is 3. The van der Waals surface area contributed by atoms with Gasteiger partial charge >= 0.3 is 0 Å². The van der Waals surface area contributed by atoms with Crippen LogP contribution in [0.25, 0.3) is 0 Å². The molecule has 27 heavy (non-hydrogen) atoms. The summed E-state index contributed by atoms with van der Waals surface area (Å²) < 4.78 is 15.8. The van der Waals surface area contributed by atoms with Gasteiger partial charge < -0.3 is 24.8 Å². The zero-order valence-corrected chi connectivity index (χ0v) is 14.8. The number of rotatable bonds is 7. The zero-order valence-electron chi connectivity index (χ0n) is 14.8. The maximum Gasteiger partial charge on any atom is 0.249 e. The third-order valence-corrected chi connectivity index (χ3v) is 4.07. The van der Waals surface area contributed by atoms with Gasteiger partial charge in [-0.2, -0.15) is 10.1 Å². The number of ether oxygens (including phenoxy) is 3. The fourth-order valence-electron chi connectivity index (χ4n) is 2.67. The summed E-state index contributed by atoms with van der Waals surface area (Å²) in [6.45, 7) is 0.971. The van der Waals surface area contributed by atoms with Crippen LogP contribution in [0.2, 0.25) is 0 Å². The van der Waals surface area contributed by atoms with E-state index in [9.17, 15) is 0 Å². The molecule has 2 heterocycles. The molecule has 3 aromatic rings. The van der Waals surface area contributed by atoms with Crippen molar-refractivity contribution in [2.75, 3.05) is 31.1 Å². The van der Waals surface area contributed by atoms with E-state index in [0.29, 0.717) is 17.5 Å². The monoisotopic (exact) mass is 365 g/mol. The standard InChI is InChI=1S/C19H19N5O3/c1-25-15-5-2-13(3-6-15)8-9-20-18-11-21-24-19(23-18)22-14-4-7-16-17(10-14)27-12-26-16/h2-7,10-11H,8-9,12H2,1H3,(H2,20,22,23,24). The lowest BCUT2D eigenvalue weighted by Gasteiger charge is -2.08. The Hall–Kier alpha value is -3.55. The van der Waals surface area contributed by atoms with Crippen LogP contribution in [0.1, 0.15) is 5.56 Å². The lowest BCUT2D eigenvalue weighted by atomic mass is 10.1. The Labute approximate surface area is 156 Å². The van der Waals surface area contributed by atoms with Crippen molar-refractivity contribution < 1.29 is 14.2 Å². The van der Waals surface area contributed by atoms with Gasteiger partial charge in [-0.1, -0.05) is 12.1 Å². The SMILES string of the molecule is COc1ccc(CCNc2cnnc(Nc3ccc4c(c3)OCO4)n2)cc1. The Morgan fingerprint density at radius 2 is 1.93 bits per heavy atom. The highest BCUT2D eigenvalue weighted by Crippen LogP contribution is 2.34. The molecule has 2 aromatic carbocycles. The first-order chi connectivity index (χ1) is 13.3. The molecule has 1 aliphatic heterocycles. The van der Waals surface area contributed by atoms with E-state index in [4.69, 9.17) is 14.2 Å². The molecule has 0 unspecified atom stereocenters. The molecule has 1 aliphatic rings. The maximum atomic E-state index is 5.37. The number of nitrogens with zero attached hydrogens (tertiary/aromatic N) is 3. The van der Waals surface area contributed by atoms with Gasteiger partial charge in [-0.3, -0.25) is 0 Å². The number of benzene rings is 2. The molecule has 0 saturated heterocycles. The summed E-state index contributed by atoms with van der Waals surface area (Å²) in [6, 6.07) is 13.6. The van der Waals surface area contributed by atoms with Crippen LogP contribution < -0.4 is 24.8 Å². The van der Waals surface area contributed by atoms with E-state index < -0.39 is 0 Å². The number of fused-ring (bicyclic) bond motifs is 1. The van der Waals surface area contributed by atoms with Gasteiger partial charge in [0, 0.05) is 18.3 Å². The van der Waals surface area contributed by atoms with Crippen LogP contribution in [0.5, 0.6) is 17.2 Å². The normalized spacial score (nSPS) is 11.9. The molecule has 1 aromatic heterocycles. The van der Waals surface area contributed by atoms with Crippen LogP contribution in [0.4, 0.5) is 17.5 Å². The number of hydrogen-bond donors (Lipinski definition) is 2. The smallest absolute Gasteiger partial charge is 0.249 e. The summed E-state index contributed by atoms with van der Waals surface area (Å²) in [5.41, 5.74) is 2.01. The topological polar surface area (TPSA) is 90.4 Å². The largest absolute Gasteiger partial charge is 0.497 e. The van der Waals surface area contributed by atoms with Crippen LogP contribution in [-0.2, 0) is 6.42 Å². The Morgan fingerprint density at radius 1 is 1.07 bits per heavy atom. The Bertz CT molecular complexity index is 917. The van der Waals surface area contributed by atoms with E-state index in [1.165, 1.54) is 5.56 Å². The van der Waals surface area contributed by atoms with E-state index in [1.54, 1.807) is 13.3 Å². The van der Waals surface area contributed by atoms with Crippen LogP contribution in [0, 0.1) is 0 Å². The summed E-state index contributed by atoms with van der Waals surface area (Å²) >= 11 is 0.